The minimum absolute atomic E-state index is 0.0808. The van der Waals surface area contributed by atoms with Crippen LogP contribution >= 0.6 is 11.3 Å². The first-order valence-electron chi connectivity index (χ1n) is 5.81. The van der Waals surface area contributed by atoms with E-state index in [1.54, 1.807) is 0 Å². The van der Waals surface area contributed by atoms with Crippen molar-refractivity contribution >= 4 is 44.3 Å². The van der Waals surface area contributed by atoms with Gasteiger partial charge in [-0.15, -0.1) is 11.3 Å². The zero-order chi connectivity index (χ0) is 17.4. The first-order valence-corrected chi connectivity index (χ1v) is 8.09. The highest BCUT2D eigenvalue weighted by atomic mass is 32.2. The highest BCUT2D eigenvalue weighted by molar-refractivity contribution is 7.84. The van der Waals surface area contributed by atoms with Crippen LogP contribution in [0.4, 0.5) is 9.52 Å². The highest BCUT2D eigenvalue weighted by Crippen LogP contribution is 2.24. The number of rotatable bonds is 5. The van der Waals surface area contributed by atoms with Crippen LogP contribution in [0.3, 0.4) is 0 Å². The summed E-state index contributed by atoms with van der Waals surface area (Å²) in [7, 11) is -4.93. The molecule has 1 aromatic rings. The van der Waals surface area contributed by atoms with Gasteiger partial charge in [-0.3, -0.25) is 14.1 Å². The molecule has 23 heavy (non-hydrogen) atoms. The van der Waals surface area contributed by atoms with Gasteiger partial charge in [0.05, 0.1) is 0 Å². The molecule has 1 saturated heterocycles. The predicted octanol–water partition coefficient (Wildman–Crippen LogP) is -1.63. The van der Waals surface area contributed by atoms with Gasteiger partial charge in [-0.05, 0) is 0 Å². The van der Waals surface area contributed by atoms with Crippen LogP contribution in [0.15, 0.2) is 10.5 Å². The number of nitrogens with zero attached hydrogens (tertiary/aromatic N) is 3. The maximum atomic E-state index is 12.9. The van der Waals surface area contributed by atoms with Gasteiger partial charge in [0, 0.05) is 5.38 Å². The third-order valence-corrected chi connectivity index (χ3v) is 4.56. The molecule has 2 atom stereocenters. The fraction of sp³-hybridized carbons (Fsp3) is 0.333. The average molecular weight is 367 g/mol. The van der Waals surface area contributed by atoms with Crippen LogP contribution in [0.5, 0.6) is 0 Å². The maximum absolute atomic E-state index is 12.9. The van der Waals surface area contributed by atoms with Gasteiger partial charge in [0.2, 0.25) is 0 Å². The summed E-state index contributed by atoms with van der Waals surface area (Å²) < 4.78 is 43.5. The topological polar surface area (TPSA) is 175 Å². The summed E-state index contributed by atoms with van der Waals surface area (Å²) in [6, 6.07) is -3.14. The van der Waals surface area contributed by atoms with E-state index in [2.05, 4.69) is 10.1 Å². The van der Waals surface area contributed by atoms with Gasteiger partial charge in [0.1, 0.15) is 24.5 Å². The van der Waals surface area contributed by atoms with Crippen LogP contribution in [0.1, 0.15) is 5.69 Å². The van der Waals surface area contributed by atoms with Crippen LogP contribution in [-0.2, 0) is 19.9 Å². The van der Waals surface area contributed by atoms with Crippen LogP contribution < -0.4 is 11.1 Å². The van der Waals surface area contributed by atoms with Crippen molar-refractivity contribution in [2.24, 2.45) is 5.16 Å². The molecular formula is C9H10FN5O6S2. The number of hydrogen-bond acceptors (Lipinski definition) is 9. The first-order chi connectivity index (χ1) is 10.7. The summed E-state index contributed by atoms with van der Waals surface area (Å²) in [5, 5.41) is 15.0. The maximum Gasteiger partial charge on any atom is 0.362 e. The Hall–Kier alpha value is -2.32. The SMILES string of the molecule is Nc1nc(/C(=N/O)C(=O)NC2C(=O)N(S(=O)(=O)O)C2CF)cs1. The van der Waals surface area contributed by atoms with Crippen molar-refractivity contribution in [3.05, 3.63) is 11.1 Å². The number of carbonyl (C=O) groups is 2. The van der Waals surface area contributed by atoms with Crippen LogP contribution in [0, 0.1) is 0 Å². The Morgan fingerprint density at radius 2 is 2.26 bits per heavy atom. The number of nitrogens with one attached hydrogen (secondary N) is 1. The number of aromatic nitrogens is 1. The minimum Gasteiger partial charge on any atom is -0.410 e. The monoisotopic (exact) mass is 367 g/mol. The average Bonchev–Trinajstić information content (AvgIpc) is 2.87. The summed E-state index contributed by atoms with van der Waals surface area (Å²) in [6.45, 7) is -1.33. The van der Waals surface area contributed by atoms with Gasteiger partial charge in [0.25, 0.3) is 11.8 Å². The fourth-order valence-corrected chi connectivity index (χ4v) is 3.34. The van der Waals surface area contributed by atoms with E-state index in [0.29, 0.717) is 0 Å². The third kappa shape index (κ3) is 3.08. The van der Waals surface area contributed by atoms with Crippen molar-refractivity contribution in [1.82, 2.24) is 14.6 Å². The molecule has 1 aliphatic rings. The number of nitrogen functional groups attached to an aromatic ring is 1. The van der Waals surface area contributed by atoms with Crippen molar-refractivity contribution in [3.8, 4) is 0 Å². The lowest BCUT2D eigenvalue weighted by Gasteiger charge is -2.42. The second kappa shape index (κ2) is 6.05. The molecule has 1 fully saturated rings. The number of nitrogens with two attached hydrogens (primary N) is 1. The van der Waals surface area contributed by atoms with E-state index >= 15 is 0 Å². The van der Waals surface area contributed by atoms with E-state index in [0.717, 1.165) is 11.3 Å². The van der Waals surface area contributed by atoms with Crippen molar-refractivity contribution in [1.29, 1.82) is 0 Å². The quantitative estimate of drug-likeness (QED) is 0.158. The lowest BCUT2D eigenvalue weighted by molar-refractivity contribution is -0.145. The van der Waals surface area contributed by atoms with Crippen molar-refractivity contribution in [3.63, 3.8) is 0 Å². The molecule has 1 aliphatic heterocycles. The van der Waals surface area contributed by atoms with Crippen molar-refractivity contribution < 1.29 is 32.2 Å². The zero-order valence-electron chi connectivity index (χ0n) is 11.1. The molecule has 2 rings (SSSR count). The number of carbonyl (C=O) groups excluding carboxylic acids is 2. The molecule has 126 valence electrons. The number of hydrogen-bond donors (Lipinski definition) is 4. The summed E-state index contributed by atoms with van der Waals surface area (Å²) in [4.78, 5) is 27.3. The van der Waals surface area contributed by atoms with E-state index in [1.807, 2.05) is 5.32 Å². The largest absolute Gasteiger partial charge is 0.410 e. The van der Waals surface area contributed by atoms with E-state index in [-0.39, 0.29) is 15.1 Å². The number of alkyl halides is 1. The molecule has 0 saturated carbocycles. The van der Waals surface area contributed by atoms with E-state index in [9.17, 15) is 22.4 Å². The summed E-state index contributed by atoms with van der Waals surface area (Å²) in [5.74, 6) is -2.32. The molecule has 2 unspecified atom stereocenters. The summed E-state index contributed by atoms with van der Waals surface area (Å²) in [6.07, 6.45) is 0. The lowest BCUT2D eigenvalue weighted by Crippen LogP contribution is -2.73. The van der Waals surface area contributed by atoms with E-state index in [4.69, 9.17) is 15.5 Å². The van der Waals surface area contributed by atoms with Gasteiger partial charge in [0.15, 0.2) is 10.8 Å². The second-order valence-corrected chi connectivity index (χ2v) is 6.48. The Labute approximate surface area is 132 Å². The second-order valence-electron chi connectivity index (χ2n) is 4.30. The molecule has 1 aromatic heterocycles. The standard InChI is InChI=1S/C9H10FN5O6S2/c10-1-4-6(8(17)15(4)23(19,20)21)13-7(16)5(14-18)3-2-22-9(11)12-3/h2,4,6,18H,1H2,(H2,11,12)(H,13,16)(H,19,20,21)/b14-5-. The first kappa shape index (κ1) is 17.0. The summed E-state index contributed by atoms with van der Waals surface area (Å²) >= 11 is 0.961. The third-order valence-electron chi connectivity index (χ3n) is 2.94. The Morgan fingerprint density at radius 3 is 2.70 bits per heavy atom. The predicted molar refractivity (Wildman–Crippen MR) is 74.9 cm³/mol. The van der Waals surface area contributed by atoms with Gasteiger partial charge in [-0.2, -0.15) is 8.42 Å². The zero-order valence-corrected chi connectivity index (χ0v) is 12.7. The number of β-lactam (4-membered cyclic amide) rings is 1. The normalized spacial score (nSPS) is 21.9. The van der Waals surface area contributed by atoms with Gasteiger partial charge >= 0.3 is 10.3 Å². The molecule has 2 heterocycles. The van der Waals surface area contributed by atoms with E-state index in [1.165, 1.54) is 5.38 Å². The number of oxime groups is 1. The molecular weight excluding hydrogens is 357 g/mol. The molecule has 14 heteroatoms. The summed E-state index contributed by atoms with van der Waals surface area (Å²) in [5.41, 5.74) is 4.71. The fourth-order valence-electron chi connectivity index (χ4n) is 1.93. The smallest absolute Gasteiger partial charge is 0.362 e. The van der Waals surface area contributed by atoms with E-state index < -0.39 is 46.6 Å². The van der Waals surface area contributed by atoms with Gasteiger partial charge < -0.3 is 16.3 Å². The molecule has 0 bridgehead atoms. The molecule has 0 aromatic carbocycles. The van der Waals surface area contributed by atoms with Crippen molar-refractivity contribution in [2.45, 2.75) is 12.1 Å². The lowest BCUT2D eigenvalue weighted by atomic mass is 10.00. The van der Waals surface area contributed by atoms with Crippen LogP contribution in [-0.4, -0.2) is 63.8 Å². The number of anilines is 1. The molecule has 0 spiro atoms. The number of thiazole rings is 1. The molecule has 0 aliphatic carbocycles. The minimum atomic E-state index is -4.93. The molecule has 0 radical (unpaired) electrons. The molecule has 11 nitrogen and oxygen atoms in total. The molecule has 2 amide bonds. The van der Waals surface area contributed by atoms with Gasteiger partial charge in [-0.25, -0.2) is 13.7 Å². The number of amides is 2. The Balaban J connectivity index is 2.16. The number of halogens is 1. The van der Waals surface area contributed by atoms with Crippen LogP contribution in [0.2, 0.25) is 0 Å². The van der Waals surface area contributed by atoms with Crippen molar-refractivity contribution in [2.75, 3.05) is 12.4 Å². The van der Waals surface area contributed by atoms with Gasteiger partial charge in [-0.1, -0.05) is 5.16 Å². The Morgan fingerprint density at radius 1 is 1.61 bits per heavy atom. The Kier molecular flexibility index (Phi) is 4.49. The Bertz CT molecular complexity index is 777. The highest BCUT2D eigenvalue weighted by Gasteiger charge is 2.54. The van der Waals surface area contributed by atoms with Crippen LogP contribution in [0.25, 0.3) is 0 Å². The molecule has 5 N–H and O–H groups in total.